The van der Waals surface area contributed by atoms with Crippen LogP contribution in [0.15, 0.2) is 63.0 Å². The highest BCUT2D eigenvalue weighted by Gasteiger charge is 2.45. The molecule has 3 rings (SSSR count). The van der Waals surface area contributed by atoms with Crippen molar-refractivity contribution in [1.29, 1.82) is 0 Å². The van der Waals surface area contributed by atoms with Gasteiger partial charge in [0.25, 0.3) is 11.7 Å². The lowest BCUT2D eigenvalue weighted by molar-refractivity contribution is -0.140. The summed E-state index contributed by atoms with van der Waals surface area (Å²) >= 11 is 6.71. The standard InChI is InChI=1S/C20H17Br2NO4/c21-14-6-2-12(3-7-14)17-16(18(25)13-4-8-15(22)9-5-13)19(26)20(27)23(17)10-1-11-24/h2-9,17,24-25H,1,10-11H2/b18-16-. The molecule has 1 fully saturated rings. The minimum atomic E-state index is -0.721. The summed E-state index contributed by atoms with van der Waals surface area (Å²) in [7, 11) is 0. The molecule has 27 heavy (non-hydrogen) atoms. The fraction of sp³-hybridized carbons (Fsp3) is 0.200. The number of ketones is 1. The van der Waals surface area contributed by atoms with Gasteiger partial charge in [-0.05, 0) is 36.2 Å². The summed E-state index contributed by atoms with van der Waals surface area (Å²) in [6, 6.07) is 13.4. The third kappa shape index (κ3) is 4.00. The van der Waals surface area contributed by atoms with Crippen LogP contribution < -0.4 is 0 Å². The van der Waals surface area contributed by atoms with Crippen molar-refractivity contribution in [3.63, 3.8) is 0 Å². The van der Waals surface area contributed by atoms with Crippen LogP contribution in [0.2, 0.25) is 0 Å². The zero-order valence-corrected chi connectivity index (χ0v) is 17.4. The summed E-state index contributed by atoms with van der Waals surface area (Å²) in [6.07, 6.45) is 0.346. The second kappa shape index (κ2) is 8.37. The third-order valence-corrected chi connectivity index (χ3v) is 5.46. The molecule has 2 aromatic rings. The maximum absolute atomic E-state index is 12.7. The largest absolute Gasteiger partial charge is 0.507 e. The normalized spacial score (nSPS) is 18.9. The summed E-state index contributed by atoms with van der Waals surface area (Å²) in [5.41, 5.74) is 1.23. The Labute approximate surface area is 173 Å². The molecule has 0 aromatic heterocycles. The first kappa shape index (κ1) is 19.8. The molecule has 0 aliphatic carbocycles. The number of carbonyl (C=O) groups excluding carboxylic acids is 2. The Hall–Kier alpha value is -1.96. The van der Waals surface area contributed by atoms with E-state index in [4.69, 9.17) is 5.11 Å². The van der Waals surface area contributed by atoms with Crippen LogP contribution in [-0.2, 0) is 9.59 Å². The molecule has 7 heteroatoms. The van der Waals surface area contributed by atoms with Crippen LogP contribution >= 0.6 is 31.9 Å². The molecule has 1 amide bonds. The van der Waals surface area contributed by atoms with Crippen molar-refractivity contribution in [3.8, 4) is 0 Å². The predicted octanol–water partition coefficient (Wildman–Crippen LogP) is 4.02. The van der Waals surface area contributed by atoms with Gasteiger partial charge in [0, 0.05) is 27.7 Å². The maximum atomic E-state index is 12.7. The van der Waals surface area contributed by atoms with Crippen LogP contribution in [-0.4, -0.2) is 40.0 Å². The lowest BCUT2D eigenvalue weighted by Gasteiger charge is -2.25. The van der Waals surface area contributed by atoms with E-state index in [1.165, 1.54) is 4.90 Å². The Bertz CT molecular complexity index is 891. The number of aliphatic hydroxyl groups is 2. The van der Waals surface area contributed by atoms with Crippen LogP contribution in [0.3, 0.4) is 0 Å². The first-order valence-electron chi connectivity index (χ1n) is 8.34. The molecule has 1 aliphatic rings. The monoisotopic (exact) mass is 493 g/mol. The van der Waals surface area contributed by atoms with Crippen molar-refractivity contribution in [3.05, 3.63) is 74.2 Å². The molecule has 1 aliphatic heterocycles. The number of hydrogen-bond donors (Lipinski definition) is 2. The van der Waals surface area contributed by atoms with Crippen molar-refractivity contribution in [2.75, 3.05) is 13.2 Å². The Balaban J connectivity index is 2.14. The molecule has 0 spiro atoms. The van der Waals surface area contributed by atoms with Crippen molar-refractivity contribution in [1.82, 2.24) is 4.90 Å². The van der Waals surface area contributed by atoms with Crippen LogP contribution in [0.4, 0.5) is 0 Å². The molecular formula is C20H17Br2NO4. The van der Waals surface area contributed by atoms with E-state index in [-0.39, 0.29) is 24.5 Å². The molecular weight excluding hydrogens is 478 g/mol. The summed E-state index contributed by atoms with van der Waals surface area (Å²) in [4.78, 5) is 26.7. The van der Waals surface area contributed by atoms with E-state index >= 15 is 0 Å². The van der Waals surface area contributed by atoms with Gasteiger partial charge in [0.1, 0.15) is 5.76 Å². The van der Waals surface area contributed by atoms with Crippen LogP contribution in [0, 0.1) is 0 Å². The molecule has 1 unspecified atom stereocenters. The van der Waals surface area contributed by atoms with E-state index in [2.05, 4.69) is 31.9 Å². The summed E-state index contributed by atoms with van der Waals surface area (Å²) < 4.78 is 1.71. The number of likely N-dealkylation sites (tertiary alicyclic amines) is 1. The molecule has 1 atom stereocenters. The Morgan fingerprint density at radius 3 is 2.07 bits per heavy atom. The molecule has 0 saturated carbocycles. The van der Waals surface area contributed by atoms with Gasteiger partial charge in [-0.25, -0.2) is 0 Å². The van der Waals surface area contributed by atoms with Gasteiger partial charge >= 0.3 is 0 Å². The van der Waals surface area contributed by atoms with Gasteiger partial charge < -0.3 is 15.1 Å². The van der Waals surface area contributed by atoms with Gasteiger partial charge in [-0.3, -0.25) is 9.59 Å². The van der Waals surface area contributed by atoms with E-state index in [0.29, 0.717) is 17.5 Å². The van der Waals surface area contributed by atoms with E-state index in [1.54, 1.807) is 36.4 Å². The highest BCUT2D eigenvalue weighted by atomic mass is 79.9. The molecule has 2 aromatic carbocycles. The van der Waals surface area contributed by atoms with E-state index < -0.39 is 17.7 Å². The summed E-state index contributed by atoms with van der Waals surface area (Å²) in [6.45, 7) is 0.127. The van der Waals surface area contributed by atoms with Crippen molar-refractivity contribution >= 4 is 49.3 Å². The molecule has 2 N–H and O–H groups in total. The molecule has 1 heterocycles. The van der Waals surface area contributed by atoms with E-state index in [0.717, 1.165) is 8.95 Å². The van der Waals surface area contributed by atoms with Gasteiger partial charge in [0.15, 0.2) is 0 Å². The first-order chi connectivity index (χ1) is 12.9. The molecule has 1 saturated heterocycles. The Morgan fingerprint density at radius 2 is 1.52 bits per heavy atom. The summed E-state index contributed by atoms with van der Waals surface area (Å²) in [5.74, 6) is -1.60. The number of nitrogens with zero attached hydrogens (tertiary/aromatic N) is 1. The van der Waals surface area contributed by atoms with Gasteiger partial charge in [0.2, 0.25) is 0 Å². The zero-order chi connectivity index (χ0) is 19.6. The third-order valence-electron chi connectivity index (χ3n) is 4.40. The minimum absolute atomic E-state index is 0.0579. The minimum Gasteiger partial charge on any atom is -0.507 e. The molecule has 0 bridgehead atoms. The molecule has 5 nitrogen and oxygen atoms in total. The second-order valence-electron chi connectivity index (χ2n) is 6.13. The summed E-state index contributed by atoms with van der Waals surface area (Å²) in [5, 5.41) is 20.0. The zero-order valence-electron chi connectivity index (χ0n) is 14.2. The molecule has 0 radical (unpaired) electrons. The predicted molar refractivity (Wildman–Crippen MR) is 109 cm³/mol. The van der Waals surface area contributed by atoms with Crippen molar-refractivity contribution in [2.45, 2.75) is 12.5 Å². The number of Topliss-reactive ketones (excluding diaryl/α,β-unsaturated/α-hetero) is 1. The second-order valence-corrected chi connectivity index (χ2v) is 7.96. The number of hydrogen-bond acceptors (Lipinski definition) is 4. The van der Waals surface area contributed by atoms with Crippen LogP contribution in [0.1, 0.15) is 23.6 Å². The topological polar surface area (TPSA) is 77.8 Å². The number of aliphatic hydroxyl groups excluding tert-OH is 2. The van der Waals surface area contributed by atoms with Gasteiger partial charge in [-0.2, -0.15) is 0 Å². The SMILES string of the molecule is O=C1C(=O)N(CCCO)C(c2ccc(Br)cc2)/C1=C(/O)c1ccc(Br)cc1. The number of amides is 1. The molecule has 140 valence electrons. The van der Waals surface area contributed by atoms with Gasteiger partial charge in [-0.1, -0.05) is 56.1 Å². The highest BCUT2D eigenvalue weighted by Crippen LogP contribution is 2.39. The number of rotatable bonds is 5. The number of benzene rings is 2. The fourth-order valence-electron chi connectivity index (χ4n) is 3.11. The van der Waals surface area contributed by atoms with Crippen molar-refractivity contribution in [2.24, 2.45) is 0 Å². The van der Waals surface area contributed by atoms with Gasteiger partial charge in [0.05, 0.1) is 11.6 Å². The smallest absolute Gasteiger partial charge is 0.295 e. The Kier molecular flexibility index (Phi) is 6.14. The number of halogens is 2. The number of carbonyl (C=O) groups is 2. The van der Waals surface area contributed by atoms with E-state index in [9.17, 15) is 14.7 Å². The Morgan fingerprint density at radius 1 is 0.963 bits per heavy atom. The first-order valence-corrected chi connectivity index (χ1v) is 9.93. The average Bonchev–Trinajstić information content (AvgIpc) is 2.91. The van der Waals surface area contributed by atoms with Crippen LogP contribution in [0.5, 0.6) is 0 Å². The van der Waals surface area contributed by atoms with Crippen LogP contribution in [0.25, 0.3) is 5.76 Å². The van der Waals surface area contributed by atoms with Gasteiger partial charge in [-0.15, -0.1) is 0 Å². The lowest BCUT2D eigenvalue weighted by Crippen LogP contribution is -2.31. The average molecular weight is 495 g/mol. The maximum Gasteiger partial charge on any atom is 0.295 e. The quantitative estimate of drug-likeness (QED) is 0.374. The fourth-order valence-corrected chi connectivity index (χ4v) is 3.64. The highest BCUT2D eigenvalue weighted by molar-refractivity contribution is 9.10. The van der Waals surface area contributed by atoms with Crippen molar-refractivity contribution < 1.29 is 19.8 Å². The lowest BCUT2D eigenvalue weighted by atomic mass is 9.95. The van der Waals surface area contributed by atoms with E-state index in [1.807, 2.05) is 12.1 Å².